The van der Waals surface area contributed by atoms with Gasteiger partial charge in [-0.1, -0.05) is 19.9 Å². The van der Waals surface area contributed by atoms with Crippen LogP contribution in [-0.2, 0) is 11.3 Å². The lowest BCUT2D eigenvalue weighted by molar-refractivity contribution is -0.119. The van der Waals surface area contributed by atoms with Gasteiger partial charge in [-0.2, -0.15) is 0 Å². The summed E-state index contributed by atoms with van der Waals surface area (Å²) in [6, 6.07) is 0. The van der Waals surface area contributed by atoms with Crippen molar-refractivity contribution in [2.75, 3.05) is 5.88 Å². The Kier molecular flexibility index (Phi) is 9.12. The van der Waals surface area contributed by atoms with Crippen LogP contribution < -0.4 is 11.4 Å². The number of hydrogen-bond donors (Lipinski definition) is 3. The van der Waals surface area contributed by atoms with Gasteiger partial charge in [0, 0.05) is 30.5 Å². The molecule has 1 aromatic heterocycles. The predicted molar refractivity (Wildman–Crippen MR) is 86.2 cm³/mol. The highest BCUT2D eigenvalue weighted by Crippen LogP contribution is 2.20. The number of aryl methyl sites for hydroxylation is 1. The molecule has 0 aliphatic heterocycles. The molecule has 0 bridgehead atoms. The minimum atomic E-state index is -0.655. The summed E-state index contributed by atoms with van der Waals surface area (Å²) < 4.78 is 1.40. The van der Waals surface area contributed by atoms with Gasteiger partial charge in [0.1, 0.15) is 0 Å². The Morgan fingerprint density at radius 3 is 2.62 bits per heavy atom. The highest BCUT2D eigenvalue weighted by Gasteiger charge is 2.21. The van der Waals surface area contributed by atoms with Gasteiger partial charge in [0.05, 0.1) is 5.92 Å². The molecular weight excluding hydrogens is 292 g/mol. The van der Waals surface area contributed by atoms with E-state index in [0.717, 1.165) is 0 Å². The molecule has 0 radical (unpaired) electrons. The summed E-state index contributed by atoms with van der Waals surface area (Å²) in [6.45, 7) is 6.14. The Hall–Kier alpha value is -1.82. The predicted octanol–water partition coefficient (Wildman–Crippen LogP) is 2.00. The van der Waals surface area contributed by atoms with Gasteiger partial charge in [-0.25, -0.2) is 4.79 Å². The number of halogens is 1. The number of nitrogens with two attached hydrogens (primary N) is 1. The van der Waals surface area contributed by atoms with Crippen LogP contribution >= 0.6 is 11.6 Å². The molecule has 0 aromatic carbocycles. The number of aromatic nitrogens is 2. The molecule has 1 amide bonds. The van der Waals surface area contributed by atoms with Gasteiger partial charge in [0.15, 0.2) is 0 Å². The number of H-pyrrole nitrogens is 1. The van der Waals surface area contributed by atoms with Gasteiger partial charge in [-0.05, 0) is 18.9 Å². The SMILES string of the molecule is C/C=C(\C=N)CC(C(N)=O)c1cn(CCCl)c(=O)[nH]1.CC. The monoisotopic (exact) mass is 314 g/mol. The zero-order valence-corrected chi connectivity index (χ0v) is 13.4. The molecule has 118 valence electrons. The first-order valence-corrected chi connectivity index (χ1v) is 7.37. The van der Waals surface area contributed by atoms with Crippen LogP contribution in [0.25, 0.3) is 0 Å². The number of alkyl halides is 1. The maximum absolute atomic E-state index is 11.6. The summed E-state index contributed by atoms with van der Waals surface area (Å²) in [4.78, 5) is 25.7. The molecule has 0 fully saturated rings. The third-order valence-corrected chi connectivity index (χ3v) is 3.02. The molecule has 7 heteroatoms. The Morgan fingerprint density at radius 2 is 2.19 bits per heavy atom. The van der Waals surface area contributed by atoms with Crippen molar-refractivity contribution in [1.82, 2.24) is 9.55 Å². The molecule has 1 rings (SSSR count). The average molecular weight is 315 g/mol. The van der Waals surface area contributed by atoms with Gasteiger partial charge < -0.3 is 16.1 Å². The minimum absolute atomic E-state index is 0.288. The summed E-state index contributed by atoms with van der Waals surface area (Å²) in [7, 11) is 0. The Labute approximate surface area is 129 Å². The molecule has 1 atom stereocenters. The molecule has 1 unspecified atom stereocenters. The summed E-state index contributed by atoms with van der Waals surface area (Å²) in [5.41, 5.74) is 6.16. The first-order chi connectivity index (χ1) is 10.0. The number of imidazole rings is 1. The fraction of sp³-hybridized carbons (Fsp3) is 0.500. The van der Waals surface area contributed by atoms with Crippen LogP contribution in [0.4, 0.5) is 0 Å². The van der Waals surface area contributed by atoms with E-state index in [0.29, 0.717) is 23.7 Å². The van der Waals surface area contributed by atoms with Gasteiger partial charge in [0.25, 0.3) is 0 Å². The van der Waals surface area contributed by atoms with Crippen molar-refractivity contribution in [3.8, 4) is 0 Å². The smallest absolute Gasteiger partial charge is 0.325 e. The van der Waals surface area contributed by atoms with Gasteiger partial charge in [-0.15, -0.1) is 11.6 Å². The number of hydrogen-bond acceptors (Lipinski definition) is 3. The Morgan fingerprint density at radius 1 is 1.57 bits per heavy atom. The maximum atomic E-state index is 11.6. The summed E-state index contributed by atoms with van der Waals surface area (Å²) in [6.07, 6.45) is 4.74. The number of nitrogens with one attached hydrogen (secondary N) is 2. The largest absolute Gasteiger partial charge is 0.369 e. The topological polar surface area (TPSA) is 105 Å². The number of aromatic amines is 1. The Bertz CT molecular complexity index is 545. The number of allylic oxidation sites excluding steroid dienone is 2. The molecule has 1 aromatic rings. The highest BCUT2D eigenvalue weighted by molar-refractivity contribution is 6.17. The van der Waals surface area contributed by atoms with Crippen molar-refractivity contribution in [3.05, 3.63) is 34.0 Å². The lowest BCUT2D eigenvalue weighted by atomic mass is 9.96. The molecule has 0 aliphatic carbocycles. The Balaban J connectivity index is 0.00000191. The number of nitrogens with zero attached hydrogens (tertiary/aromatic N) is 1. The highest BCUT2D eigenvalue weighted by atomic mass is 35.5. The number of rotatable bonds is 7. The van der Waals surface area contributed by atoms with E-state index in [2.05, 4.69) is 4.98 Å². The zero-order chi connectivity index (χ0) is 16.4. The average Bonchev–Trinajstić information content (AvgIpc) is 2.83. The van der Waals surface area contributed by atoms with Gasteiger partial charge in [-0.3, -0.25) is 9.36 Å². The van der Waals surface area contributed by atoms with Crippen molar-refractivity contribution in [2.45, 2.75) is 39.7 Å². The zero-order valence-electron chi connectivity index (χ0n) is 12.6. The summed E-state index contributed by atoms with van der Waals surface area (Å²) in [5, 5.41) is 7.23. The lowest BCUT2D eigenvalue weighted by Crippen LogP contribution is -2.23. The van der Waals surface area contributed by atoms with Crippen molar-refractivity contribution < 1.29 is 4.79 Å². The van der Waals surface area contributed by atoms with Crippen molar-refractivity contribution in [2.24, 2.45) is 5.73 Å². The van der Waals surface area contributed by atoms with E-state index < -0.39 is 11.8 Å². The van der Waals surface area contributed by atoms with E-state index in [9.17, 15) is 9.59 Å². The quantitative estimate of drug-likeness (QED) is 0.529. The van der Waals surface area contributed by atoms with Crippen molar-refractivity contribution in [3.63, 3.8) is 0 Å². The van der Waals surface area contributed by atoms with E-state index in [1.54, 1.807) is 19.2 Å². The molecule has 21 heavy (non-hydrogen) atoms. The lowest BCUT2D eigenvalue weighted by Gasteiger charge is -2.11. The first-order valence-electron chi connectivity index (χ1n) is 6.83. The van der Waals surface area contributed by atoms with E-state index in [4.69, 9.17) is 22.7 Å². The second kappa shape index (κ2) is 9.99. The van der Waals surface area contributed by atoms with E-state index >= 15 is 0 Å². The van der Waals surface area contributed by atoms with Crippen LogP contribution in [0.3, 0.4) is 0 Å². The van der Waals surface area contributed by atoms with Gasteiger partial charge in [0.2, 0.25) is 5.91 Å². The van der Waals surface area contributed by atoms with Crippen LogP contribution in [0, 0.1) is 5.41 Å². The van der Waals surface area contributed by atoms with E-state index in [1.807, 2.05) is 13.8 Å². The first kappa shape index (κ1) is 19.2. The third kappa shape index (κ3) is 5.59. The van der Waals surface area contributed by atoms with Crippen molar-refractivity contribution in [1.29, 1.82) is 5.41 Å². The fourth-order valence-corrected chi connectivity index (χ4v) is 1.93. The standard InChI is InChI=1S/C12H17ClN4O2.C2H6/c1-2-8(6-14)5-9(11(15)18)10-7-17(4-3-13)12(19)16-10;1-2/h2,6-7,9,14H,3-5H2,1H3,(H2,15,18)(H,16,19);1-2H3/b8-2-,14-6?;. The van der Waals surface area contributed by atoms with Crippen LogP contribution in [0.2, 0.25) is 0 Å². The summed E-state index contributed by atoms with van der Waals surface area (Å²) in [5.74, 6) is -0.892. The molecular formula is C14H23ClN4O2. The van der Waals surface area contributed by atoms with Crippen LogP contribution in [-0.4, -0.2) is 27.6 Å². The van der Waals surface area contributed by atoms with Crippen molar-refractivity contribution >= 4 is 23.7 Å². The molecule has 6 nitrogen and oxygen atoms in total. The fourth-order valence-electron chi connectivity index (χ4n) is 1.75. The van der Waals surface area contributed by atoms with Gasteiger partial charge >= 0.3 is 5.69 Å². The van der Waals surface area contributed by atoms with E-state index in [1.165, 1.54) is 10.8 Å². The maximum Gasteiger partial charge on any atom is 0.325 e. The minimum Gasteiger partial charge on any atom is -0.369 e. The molecule has 0 saturated heterocycles. The molecule has 0 spiro atoms. The number of carbonyl (C=O) groups is 1. The summed E-state index contributed by atoms with van der Waals surface area (Å²) >= 11 is 5.58. The molecule has 0 aliphatic rings. The second-order valence-corrected chi connectivity index (χ2v) is 4.44. The second-order valence-electron chi connectivity index (χ2n) is 4.06. The van der Waals surface area contributed by atoms with Crippen LogP contribution in [0.15, 0.2) is 22.6 Å². The molecule has 4 N–H and O–H groups in total. The molecule has 1 heterocycles. The van der Waals surface area contributed by atoms with Crippen LogP contribution in [0.5, 0.6) is 0 Å². The number of carbonyl (C=O) groups excluding carboxylic acids is 1. The van der Waals surface area contributed by atoms with Crippen LogP contribution in [0.1, 0.15) is 38.8 Å². The molecule has 0 saturated carbocycles. The third-order valence-electron chi connectivity index (χ3n) is 2.85. The van der Waals surface area contributed by atoms with E-state index in [-0.39, 0.29) is 12.1 Å². The number of primary amides is 1. The number of amides is 1. The normalized spacial score (nSPS) is 12.3.